The van der Waals surface area contributed by atoms with Crippen LogP contribution in [0.25, 0.3) is 27.8 Å². The molecule has 9 heteroatoms. The van der Waals surface area contributed by atoms with Gasteiger partial charge in [0.15, 0.2) is 11.5 Å². The minimum atomic E-state index is 0.445. The van der Waals surface area contributed by atoms with Crippen molar-refractivity contribution in [2.24, 2.45) is 0 Å². The Bertz CT molecular complexity index is 1170. The van der Waals surface area contributed by atoms with Crippen molar-refractivity contribution < 1.29 is 4.74 Å². The van der Waals surface area contributed by atoms with Gasteiger partial charge in [0.1, 0.15) is 11.6 Å². The van der Waals surface area contributed by atoms with E-state index in [2.05, 4.69) is 26.3 Å². The van der Waals surface area contributed by atoms with Crippen molar-refractivity contribution in [3.05, 3.63) is 36.8 Å². The second-order valence-corrected chi connectivity index (χ2v) is 6.65. The van der Waals surface area contributed by atoms with Crippen molar-refractivity contribution in [3.63, 3.8) is 0 Å². The van der Waals surface area contributed by atoms with E-state index >= 15 is 0 Å². The number of anilines is 3. The number of fused-ring (bicyclic) bond motifs is 2. The van der Waals surface area contributed by atoms with Crippen molar-refractivity contribution in [1.29, 1.82) is 0 Å². The van der Waals surface area contributed by atoms with Crippen LogP contribution >= 0.6 is 0 Å². The van der Waals surface area contributed by atoms with Gasteiger partial charge in [-0.3, -0.25) is 0 Å². The molecule has 0 atom stereocenters. The lowest BCUT2D eigenvalue weighted by molar-refractivity contribution is 0.122. The van der Waals surface area contributed by atoms with E-state index < -0.39 is 0 Å². The maximum atomic E-state index is 5.93. The number of ether oxygens (including phenoxy) is 1. The van der Waals surface area contributed by atoms with Gasteiger partial charge in [-0.2, -0.15) is 0 Å². The van der Waals surface area contributed by atoms with Crippen LogP contribution < -0.4 is 16.0 Å². The molecule has 0 spiro atoms. The molecule has 0 aliphatic carbocycles. The molecule has 142 valence electrons. The van der Waals surface area contributed by atoms with Crippen molar-refractivity contribution >= 4 is 33.7 Å². The zero-order chi connectivity index (χ0) is 19.1. The molecule has 0 aromatic carbocycles. The smallest absolute Gasteiger partial charge is 0.184 e. The van der Waals surface area contributed by atoms with Crippen molar-refractivity contribution in [2.75, 3.05) is 49.3 Å². The fourth-order valence-electron chi connectivity index (χ4n) is 3.52. The van der Waals surface area contributed by atoms with Gasteiger partial charge < -0.3 is 20.7 Å². The van der Waals surface area contributed by atoms with E-state index in [9.17, 15) is 0 Å². The fourth-order valence-corrected chi connectivity index (χ4v) is 3.52. The van der Waals surface area contributed by atoms with Gasteiger partial charge in [0.05, 0.1) is 25.1 Å². The summed E-state index contributed by atoms with van der Waals surface area (Å²) in [5.74, 6) is 1.79. The first kappa shape index (κ1) is 16.7. The summed E-state index contributed by atoms with van der Waals surface area (Å²) in [5, 5.41) is 9.57. The average Bonchev–Trinajstić information content (AvgIpc) is 3.16. The molecule has 9 nitrogen and oxygen atoms in total. The molecular formula is C19H20N8O. The van der Waals surface area contributed by atoms with E-state index in [0.717, 1.165) is 59.8 Å². The first-order valence-corrected chi connectivity index (χ1v) is 9.14. The second-order valence-electron chi connectivity index (χ2n) is 6.65. The predicted octanol–water partition coefficient (Wildman–Crippen LogP) is 1.80. The standard InChI is InChI=1S/C19H20N8O/c1-21-18-14-9-22-16(20)8-13(14)15(10-23-18)19-24-17-3-2-12(11-27(17)25-19)26-4-6-28-7-5-26/h2-3,8-11H,4-7H2,1H3,(H2,20,22)(H,21,23). The third-order valence-corrected chi connectivity index (χ3v) is 4.96. The first-order chi connectivity index (χ1) is 13.7. The molecule has 0 unspecified atom stereocenters. The van der Waals surface area contributed by atoms with Crippen LogP contribution in [0.2, 0.25) is 0 Å². The van der Waals surface area contributed by atoms with Crippen molar-refractivity contribution in [2.45, 2.75) is 0 Å². The number of morpholine rings is 1. The summed E-state index contributed by atoms with van der Waals surface area (Å²) in [6.07, 6.45) is 5.50. The van der Waals surface area contributed by atoms with Crippen LogP contribution in [0.5, 0.6) is 0 Å². The minimum Gasteiger partial charge on any atom is -0.384 e. The highest BCUT2D eigenvalue weighted by atomic mass is 16.5. The van der Waals surface area contributed by atoms with Gasteiger partial charge in [0, 0.05) is 48.9 Å². The van der Waals surface area contributed by atoms with Crippen LogP contribution in [-0.4, -0.2) is 57.9 Å². The molecule has 5 rings (SSSR count). The zero-order valence-corrected chi connectivity index (χ0v) is 15.5. The summed E-state index contributed by atoms with van der Waals surface area (Å²) >= 11 is 0. The van der Waals surface area contributed by atoms with E-state index in [4.69, 9.17) is 20.6 Å². The third kappa shape index (κ3) is 2.76. The van der Waals surface area contributed by atoms with Crippen molar-refractivity contribution in [1.82, 2.24) is 24.6 Å². The molecule has 1 aliphatic heterocycles. The van der Waals surface area contributed by atoms with Crippen LogP contribution in [-0.2, 0) is 4.74 Å². The predicted molar refractivity (Wildman–Crippen MR) is 109 cm³/mol. The number of hydrogen-bond acceptors (Lipinski definition) is 8. The molecule has 4 aromatic heterocycles. The highest BCUT2D eigenvalue weighted by Gasteiger charge is 2.16. The summed E-state index contributed by atoms with van der Waals surface area (Å²) in [6, 6.07) is 5.88. The van der Waals surface area contributed by atoms with E-state index in [1.54, 1.807) is 12.4 Å². The normalized spacial score (nSPS) is 14.7. The Morgan fingerprint density at radius 2 is 1.96 bits per heavy atom. The van der Waals surface area contributed by atoms with Gasteiger partial charge in [-0.05, 0) is 18.2 Å². The highest BCUT2D eigenvalue weighted by molar-refractivity contribution is 6.01. The Balaban J connectivity index is 1.62. The van der Waals surface area contributed by atoms with Crippen molar-refractivity contribution in [3.8, 4) is 11.4 Å². The van der Waals surface area contributed by atoms with Crippen LogP contribution in [0, 0.1) is 0 Å². The molecule has 0 saturated carbocycles. The SMILES string of the molecule is CNc1ncc(-c2nc3ccc(N4CCOCC4)cn3n2)c2cc(N)ncc12. The Kier molecular flexibility index (Phi) is 3.94. The number of rotatable bonds is 3. The zero-order valence-electron chi connectivity index (χ0n) is 15.5. The van der Waals surface area contributed by atoms with Gasteiger partial charge in [0.2, 0.25) is 0 Å². The number of pyridine rings is 3. The van der Waals surface area contributed by atoms with Gasteiger partial charge in [0.25, 0.3) is 0 Å². The molecule has 0 radical (unpaired) electrons. The fraction of sp³-hybridized carbons (Fsp3) is 0.263. The summed E-state index contributed by atoms with van der Waals surface area (Å²) < 4.78 is 7.24. The lowest BCUT2D eigenvalue weighted by Gasteiger charge is -2.28. The van der Waals surface area contributed by atoms with Crippen LogP contribution in [0.4, 0.5) is 17.3 Å². The molecule has 1 fully saturated rings. The maximum Gasteiger partial charge on any atom is 0.184 e. The number of aromatic nitrogens is 5. The third-order valence-electron chi connectivity index (χ3n) is 4.96. The summed E-state index contributed by atoms with van der Waals surface area (Å²) in [6.45, 7) is 3.23. The number of hydrogen-bond donors (Lipinski definition) is 2. The Morgan fingerprint density at radius 1 is 1.11 bits per heavy atom. The molecule has 0 bridgehead atoms. The van der Waals surface area contributed by atoms with Crippen LogP contribution in [0.15, 0.2) is 36.8 Å². The Morgan fingerprint density at radius 3 is 2.79 bits per heavy atom. The second kappa shape index (κ2) is 6.61. The summed E-state index contributed by atoms with van der Waals surface area (Å²) in [7, 11) is 1.83. The quantitative estimate of drug-likeness (QED) is 0.557. The molecular weight excluding hydrogens is 356 g/mol. The largest absolute Gasteiger partial charge is 0.384 e. The van der Waals surface area contributed by atoms with Gasteiger partial charge >= 0.3 is 0 Å². The first-order valence-electron chi connectivity index (χ1n) is 9.14. The van der Waals surface area contributed by atoms with E-state index in [-0.39, 0.29) is 0 Å². The molecule has 1 aliphatic rings. The molecule has 4 aromatic rings. The Hall–Kier alpha value is -3.46. The molecule has 1 saturated heterocycles. The molecule has 28 heavy (non-hydrogen) atoms. The number of nitrogens with zero attached hydrogens (tertiary/aromatic N) is 6. The lowest BCUT2D eigenvalue weighted by atomic mass is 10.1. The van der Waals surface area contributed by atoms with Gasteiger partial charge in [-0.15, -0.1) is 5.10 Å². The Labute approximate surface area is 161 Å². The topological polar surface area (TPSA) is 106 Å². The van der Waals surface area contributed by atoms with Crippen LogP contribution in [0.1, 0.15) is 0 Å². The van der Waals surface area contributed by atoms with Gasteiger partial charge in [-0.25, -0.2) is 19.5 Å². The summed E-state index contributed by atoms with van der Waals surface area (Å²) in [4.78, 5) is 15.7. The number of nitrogens with two attached hydrogens (primary N) is 1. The van der Waals surface area contributed by atoms with E-state index in [1.807, 2.05) is 29.9 Å². The van der Waals surface area contributed by atoms with E-state index in [0.29, 0.717) is 11.6 Å². The number of nitrogens with one attached hydrogen (secondary N) is 1. The highest BCUT2D eigenvalue weighted by Crippen LogP contribution is 2.31. The minimum absolute atomic E-state index is 0.445. The molecule has 0 amide bonds. The monoisotopic (exact) mass is 376 g/mol. The maximum absolute atomic E-state index is 5.93. The number of nitrogen functional groups attached to an aromatic ring is 1. The van der Waals surface area contributed by atoms with Gasteiger partial charge in [-0.1, -0.05) is 0 Å². The van der Waals surface area contributed by atoms with Crippen LogP contribution in [0.3, 0.4) is 0 Å². The lowest BCUT2D eigenvalue weighted by Crippen LogP contribution is -2.36. The summed E-state index contributed by atoms with van der Waals surface area (Å²) in [5.41, 5.74) is 8.63. The average molecular weight is 376 g/mol. The molecule has 3 N–H and O–H groups in total. The molecule has 5 heterocycles. The van der Waals surface area contributed by atoms with E-state index in [1.165, 1.54) is 0 Å².